The average molecular weight is 453 g/mol. The van der Waals surface area contributed by atoms with E-state index >= 15 is 0 Å². The molecule has 4 N–H and O–H groups in total. The predicted molar refractivity (Wildman–Crippen MR) is 123 cm³/mol. The molecule has 0 radical (unpaired) electrons. The van der Waals surface area contributed by atoms with Gasteiger partial charge in [-0.05, 0) is 49.8 Å². The van der Waals surface area contributed by atoms with E-state index in [1.807, 2.05) is 31.2 Å². The maximum Gasteiger partial charge on any atom is 0.341 e. The highest BCUT2D eigenvalue weighted by atomic mass is 32.1. The van der Waals surface area contributed by atoms with Crippen LogP contribution in [0.15, 0.2) is 24.3 Å². The maximum absolute atomic E-state index is 13.0. The smallest absolute Gasteiger partial charge is 0.341 e. The van der Waals surface area contributed by atoms with Crippen LogP contribution in [0.25, 0.3) is 0 Å². The summed E-state index contributed by atoms with van der Waals surface area (Å²) in [6, 6.07) is 7.70. The van der Waals surface area contributed by atoms with Crippen molar-refractivity contribution in [1.82, 2.24) is 15.0 Å². The van der Waals surface area contributed by atoms with Crippen molar-refractivity contribution in [3.05, 3.63) is 51.7 Å². The molecule has 166 valence electrons. The van der Waals surface area contributed by atoms with Gasteiger partial charge in [0.2, 0.25) is 17.8 Å². The van der Waals surface area contributed by atoms with Crippen LogP contribution in [0.5, 0.6) is 0 Å². The number of thiophene rings is 1. The molecule has 32 heavy (non-hydrogen) atoms. The van der Waals surface area contributed by atoms with Crippen LogP contribution in [0, 0.1) is 6.92 Å². The Morgan fingerprint density at radius 1 is 1.16 bits per heavy atom. The van der Waals surface area contributed by atoms with E-state index in [9.17, 15) is 9.59 Å². The summed E-state index contributed by atoms with van der Waals surface area (Å²) in [5, 5.41) is 6.41. The molecule has 2 aromatic heterocycles. The third-order valence-electron chi connectivity index (χ3n) is 5.09. The number of aromatic nitrogens is 3. The number of amides is 1. The number of nitrogens with one attached hydrogen (secondary N) is 2. The first kappa shape index (κ1) is 21.7. The van der Waals surface area contributed by atoms with Gasteiger partial charge in [-0.2, -0.15) is 15.0 Å². The molecule has 0 spiro atoms. The Morgan fingerprint density at radius 2 is 1.94 bits per heavy atom. The Labute approximate surface area is 189 Å². The minimum atomic E-state index is -0.513. The van der Waals surface area contributed by atoms with E-state index in [1.165, 1.54) is 18.3 Å². The summed E-state index contributed by atoms with van der Waals surface area (Å²) in [6.45, 7) is 3.21. The largest absolute Gasteiger partial charge is 0.454 e. The molecule has 2 heterocycles. The number of rotatable bonds is 6. The summed E-state index contributed by atoms with van der Waals surface area (Å²) in [6.07, 6.45) is 3.76. The third kappa shape index (κ3) is 4.86. The molecule has 1 amide bonds. The molecule has 0 atom stereocenters. The number of nitrogens with zero attached hydrogens (tertiary/aromatic N) is 3. The van der Waals surface area contributed by atoms with Gasteiger partial charge in [0.25, 0.3) is 0 Å². The molecule has 10 heteroatoms. The SMILES string of the molecule is CC(=O)Nc1sc2c(c1C(=O)OCc1nc(N)nc(Nc3ccccc3C)n1)CCCC2. The van der Waals surface area contributed by atoms with Crippen LogP contribution in [0.3, 0.4) is 0 Å². The number of nitrogens with two attached hydrogens (primary N) is 1. The number of carbonyl (C=O) groups is 2. The van der Waals surface area contributed by atoms with E-state index in [1.54, 1.807) is 0 Å². The van der Waals surface area contributed by atoms with Crippen molar-refractivity contribution in [2.45, 2.75) is 46.1 Å². The van der Waals surface area contributed by atoms with Gasteiger partial charge in [0.05, 0.1) is 5.56 Å². The second-order valence-corrected chi connectivity index (χ2v) is 8.65. The van der Waals surface area contributed by atoms with Crippen molar-refractivity contribution >= 4 is 45.8 Å². The van der Waals surface area contributed by atoms with Crippen molar-refractivity contribution < 1.29 is 14.3 Å². The molecule has 1 aliphatic rings. The normalized spacial score (nSPS) is 12.7. The lowest BCUT2D eigenvalue weighted by molar-refractivity contribution is -0.114. The molecular weight excluding hydrogens is 428 g/mol. The first-order chi connectivity index (χ1) is 15.4. The molecule has 0 bridgehead atoms. The van der Waals surface area contributed by atoms with Crippen molar-refractivity contribution in [2.75, 3.05) is 16.4 Å². The Bertz CT molecular complexity index is 1180. The summed E-state index contributed by atoms with van der Waals surface area (Å²) in [7, 11) is 0. The fourth-order valence-corrected chi connectivity index (χ4v) is 4.95. The van der Waals surface area contributed by atoms with Crippen LogP contribution in [-0.2, 0) is 29.0 Å². The minimum absolute atomic E-state index is 0.0222. The summed E-state index contributed by atoms with van der Waals surface area (Å²) >= 11 is 1.44. The van der Waals surface area contributed by atoms with Gasteiger partial charge in [-0.25, -0.2) is 4.79 Å². The van der Waals surface area contributed by atoms with Gasteiger partial charge in [-0.1, -0.05) is 18.2 Å². The van der Waals surface area contributed by atoms with E-state index in [2.05, 4.69) is 25.6 Å². The lowest BCUT2D eigenvalue weighted by atomic mass is 9.95. The molecule has 1 aliphatic carbocycles. The van der Waals surface area contributed by atoms with E-state index in [0.29, 0.717) is 10.6 Å². The maximum atomic E-state index is 13.0. The number of hydrogen-bond donors (Lipinski definition) is 3. The average Bonchev–Trinajstić information content (AvgIpc) is 3.10. The summed E-state index contributed by atoms with van der Waals surface area (Å²) in [5.41, 5.74) is 9.09. The topological polar surface area (TPSA) is 132 Å². The zero-order chi connectivity index (χ0) is 22.7. The van der Waals surface area contributed by atoms with Crippen molar-refractivity contribution in [3.63, 3.8) is 0 Å². The van der Waals surface area contributed by atoms with Gasteiger partial charge in [0, 0.05) is 17.5 Å². The molecule has 0 unspecified atom stereocenters. The number of ether oxygens (including phenoxy) is 1. The molecule has 4 rings (SSSR count). The monoisotopic (exact) mass is 452 g/mol. The Hall–Kier alpha value is -3.53. The number of para-hydroxylation sites is 1. The zero-order valence-corrected chi connectivity index (χ0v) is 18.7. The highest BCUT2D eigenvalue weighted by Gasteiger charge is 2.27. The number of anilines is 4. The third-order valence-corrected chi connectivity index (χ3v) is 6.30. The zero-order valence-electron chi connectivity index (χ0n) is 17.9. The summed E-state index contributed by atoms with van der Waals surface area (Å²) < 4.78 is 5.53. The minimum Gasteiger partial charge on any atom is -0.454 e. The number of nitrogen functional groups attached to an aromatic ring is 1. The Morgan fingerprint density at radius 3 is 2.72 bits per heavy atom. The van der Waals surface area contributed by atoms with Gasteiger partial charge >= 0.3 is 5.97 Å². The van der Waals surface area contributed by atoms with Gasteiger partial charge in [0.1, 0.15) is 5.00 Å². The summed E-state index contributed by atoms with van der Waals surface area (Å²) in [4.78, 5) is 38.2. The molecule has 0 saturated heterocycles. The molecule has 1 aromatic carbocycles. The Kier molecular flexibility index (Phi) is 6.31. The van der Waals surface area contributed by atoms with Crippen LogP contribution in [0.2, 0.25) is 0 Å². The van der Waals surface area contributed by atoms with Crippen molar-refractivity contribution in [1.29, 1.82) is 0 Å². The van der Waals surface area contributed by atoms with E-state index in [0.717, 1.165) is 47.4 Å². The molecule has 9 nitrogen and oxygen atoms in total. The Balaban J connectivity index is 1.52. The second-order valence-electron chi connectivity index (χ2n) is 7.55. The fourth-order valence-electron chi connectivity index (χ4n) is 3.62. The van der Waals surface area contributed by atoms with Crippen LogP contribution < -0.4 is 16.4 Å². The van der Waals surface area contributed by atoms with Gasteiger partial charge in [-0.3, -0.25) is 4.79 Å². The van der Waals surface area contributed by atoms with Crippen LogP contribution in [-0.4, -0.2) is 26.8 Å². The molecule has 0 saturated carbocycles. The van der Waals surface area contributed by atoms with E-state index in [4.69, 9.17) is 10.5 Å². The second kappa shape index (κ2) is 9.31. The molecule has 3 aromatic rings. The lowest BCUT2D eigenvalue weighted by Gasteiger charge is -2.13. The van der Waals surface area contributed by atoms with E-state index < -0.39 is 5.97 Å². The van der Waals surface area contributed by atoms with Crippen molar-refractivity contribution in [3.8, 4) is 0 Å². The molecule has 0 aliphatic heterocycles. The number of aryl methyl sites for hydroxylation is 2. The van der Waals surface area contributed by atoms with Gasteiger partial charge in [-0.15, -0.1) is 11.3 Å². The van der Waals surface area contributed by atoms with E-state index in [-0.39, 0.29) is 30.2 Å². The predicted octanol–water partition coefficient (Wildman–Crippen LogP) is 3.76. The van der Waals surface area contributed by atoms with Crippen molar-refractivity contribution in [2.24, 2.45) is 0 Å². The van der Waals surface area contributed by atoms with Gasteiger partial charge < -0.3 is 21.1 Å². The highest BCUT2D eigenvalue weighted by molar-refractivity contribution is 7.17. The fraction of sp³-hybridized carbons (Fsp3) is 0.318. The molecular formula is C22H24N6O3S. The first-order valence-electron chi connectivity index (χ1n) is 10.3. The summed E-state index contributed by atoms with van der Waals surface area (Å²) in [5.74, 6) is -0.221. The van der Waals surface area contributed by atoms with Crippen LogP contribution in [0.1, 0.15) is 52.0 Å². The highest BCUT2D eigenvalue weighted by Crippen LogP contribution is 2.38. The molecule has 0 fully saturated rings. The number of fused-ring (bicyclic) bond motifs is 1. The number of hydrogen-bond acceptors (Lipinski definition) is 9. The number of benzene rings is 1. The quantitative estimate of drug-likeness (QED) is 0.482. The number of carbonyl (C=O) groups excluding carboxylic acids is 2. The van der Waals surface area contributed by atoms with Crippen LogP contribution in [0.4, 0.5) is 22.6 Å². The lowest BCUT2D eigenvalue weighted by Crippen LogP contribution is -2.15. The van der Waals surface area contributed by atoms with Crippen LogP contribution >= 0.6 is 11.3 Å². The first-order valence-corrected chi connectivity index (χ1v) is 11.1. The van der Waals surface area contributed by atoms with Gasteiger partial charge in [0.15, 0.2) is 12.4 Å². The standard InChI is InChI=1S/C22H24N6O3S/c1-12-7-3-5-9-15(12)25-22-27-17(26-21(23)28-22)11-31-20(30)18-14-8-4-6-10-16(14)32-19(18)24-13(2)29/h3,5,7,9H,4,6,8,10-11H2,1-2H3,(H,24,29)(H3,23,25,26,27,28). The number of esters is 1.